The number of nitrogens with zero attached hydrogens (tertiary/aromatic N) is 1. The summed E-state index contributed by atoms with van der Waals surface area (Å²) in [5.74, 6) is 0. The maximum atomic E-state index is 5.84. The molecule has 2 N–H and O–H groups in total. The van der Waals surface area contributed by atoms with Crippen molar-refractivity contribution in [1.29, 1.82) is 0 Å². The zero-order chi connectivity index (χ0) is 8.55. The monoisotopic (exact) mass is 194 g/mol. The van der Waals surface area contributed by atoms with Crippen molar-refractivity contribution in [3.63, 3.8) is 0 Å². The number of rotatable bonds is 0. The summed E-state index contributed by atoms with van der Waals surface area (Å²) < 4.78 is 2.03. The van der Waals surface area contributed by atoms with Crippen LogP contribution in [0.25, 0.3) is 5.52 Å². The van der Waals surface area contributed by atoms with E-state index in [1.165, 1.54) is 5.56 Å². The molecule has 2 rings (SSSR count). The van der Waals surface area contributed by atoms with Crippen LogP contribution in [0.15, 0.2) is 36.7 Å². The molecule has 0 spiro atoms. The normalized spacial score (nSPS) is 9.62. The number of nitrogen functional groups attached to an aromatic ring is 1. The fourth-order valence-corrected chi connectivity index (χ4v) is 1.39. The van der Waals surface area contributed by atoms with Crippen LogP contribution in [0, 0.1) is 6.92 Å². The van der Waals surface area contributed by atoms with Crippen LogP contribution in [-0.2, 0) is 0 Å². The van der Waals surface area contributed by atoms with E-state index in [0.29, 0.717) is 0 Å². The Bertz CT molecular complexity index is 426. The van der Waals surface area contributed by atoms with E-state index in [0.717, 1.165) is 11.2 Å². The van der Waals surface area contributed by atoms with Crippen LogP contribution in [0.1, 0.15) is 5.56 Å². The van der Waals surface area contributed by atoms with Crippen LogP contribution >= 0.6 is 0 Å². The van der Waals surface area contributed by atoms with Crippen molar-refractivity contribution >= 4 is 11.2 Å². The third kappa shape index (κ3) is 1.73. The molecule has 0 atom stereocenters. The quantitative estimate of drug-likeness (QED) is 0.499. The zero-order valence-electron chi connectivity index (χ0n) is 7.37. The van der Waals surface area contributed by atoms with E-state index in [-0.39, 0.29) is 12.4 Å². The van der Waals surface area contributed by atoms with Crippen LogP contribution in [0.2, 0.25) is 0 Å². The summed E-state index contributed by atoms with van der Waals surface area (Å²) in [5, 5.41) is 0. The molecule has 13 heavy (non-hydrogen) atoms. The van der Waals surface area contributed by atoms with Gasteiger partial charge in [0.25, 0.3) is 0 Å². The second-order valence-corrected chi connectivity index (χ2v) is 2.97. The highest BCUT2D eigenvalue weighted by atomic mass is 35.5. The Hall–Kier alpha value is -1.28. The summed E-state index contributed by atoms with van der Waals surface area (Å²) in [4.78, 5) is 0. The number of hydrogen-bond acceptors (Lipinski definition) is 1. The van der Waals surface area contributed by atoms with Crippen molar-refractivity contribution in [2.45, 2.75) is 6.92 Å². The number of fused-ring (bicyclic) bond motifs is 1. The lowest BCUT2D eigenvalue weighted by atomic mass is 10.2. The highest BCUT2D eigenvalue weighted by Gasteiger charge is 2.04. The number of pyridine rings is 2. The first-order valence-corrected chi connectivity index (χ1v) is 3.93. The molecule has 0 aliphatic rings. The summed E-state index contributed by atoms with van der Waals surface area (Å²) in [7, 11) is 0. The molecular formula is C10H11ClN2. The van der Waals surface area contributed by atoms with E-state index in [9.17, 15) is 0 Å². The van der Waals surface area contributed by atoms with Crippen molar-refractivity contribution in [3.05, 3.63) is 42.2 Å². The smallest absolute Gasteiger partial charge is 0.233 e. The number of halogens is 1. The van der Waals surface area contributed by atoms with Crippen LogP contribution in [0.5, 0.6) is 0 Å². The molecule has 68 valence electrons. The lowest BCUT2D eigenvalue weighted by Crippen LogP contribution is -3.00. The van der Waals surface area contributed by atoms with E-state index < -0.39 is 0 Å². The Kier molecular flexibility index (Phi) is 2.73. The van der Waals surface area contributed by atoms with Crippen molar-refractivity contribution in [1.82, 2.24) is 0 Å². The maximum absolute atomic E-state index is 5.84. The second-order valence-electron chi connectivity index (χ2n) is 2.97. The third-order valence-electron chi connectivity index (χ3n) is 1.91. The predicted molar refractivity (Wildman–Crippen MR) is 48.8 cm³/mol. The van der Waals surface area contributed by atoms with Gasteiger partial charge in [0.2, 0.25) is 5.52 Å². The first-order valence-electron chi connectivity index (χ1n) is 3.93. The van der Waals surface area contributed by atoms with Crippen molar-refractivity contribution < 1.29 is 16.8 Å². The van der Waals surface area contributed by atoms with Gasteiger partial charge in [-0.1, -0.05) is 0 Å². The van der Waals surface area contributed by atoms with E-state index in [1.807, 2.05) is 41.8 Å². The molecule has 0 fully saturated rings. The van der Waals surface area contributed by atoms with Gasteiger partial charge in [0.05, 0.1) is 0 Å². The zero-order valence-corrected chi connectivity index (χ0v) is 8.12. The standard InChI is InChI=1S/C10H11N2.ClH/c1-8-6-9(11)10-4-2-3-5-12(10)7-8;/h2-7H,11H2,1H3;1H/q+1;/p-1. The van der Waals surface area contributed by atoms with Gasteiger partial charge >= 0.3 is 0 Å². The van der Waals surface area contributed by atoms with Crippen LogP contribution in [-0.4, -0.2) is 0 Å². The lowest BCUT2D eigenvalue weighted by molar-refractivity contribution is -0.511. The van der Waals surface area contributed by atoms with Gasteiger partial charge in [-0.15, -0.1) is 0 Å². The molecule has 2 aromatic rings. The van der Waals surface area contributed by atoms with E-state index in [4.69, 9.17) is 5.73 Å². The minimum absolute atomic E-state index is 0. The SMILES string of the molecule is Cc1cc(N)c2cccc[n+]2c1.[Cl-]. The van der Waals surface area contributed by atoms with Gasteiger partial charge in [-0.05, 0) is 19.1 Å². The highest BCUT2D eigenvalue weighted by Crippen LogP contribution is 2.09. The molecule has 0 saturated heterocycles. The molecule has 2 aromatic heterocycles. The molecule has 2 heterocycles. The van der Waals surface area contributed by atoms with Gasteiger partial charge in [0, 0.05) is 17.7 Å². The van der Waals surface area contributed by atoms with Gasteiger partial charge in [0.1, 0.15) is 5.69 Å². The van der Waals surface area contributed by atoms with Crippen molar-refractivity contribution in [2.75, 3.05) is 5.73 Å². The summed E-state index contributed by atoms with van der Waals surface area (Å²) >= 11 is 0. The fourth-order valence-electron chi connectivity index (χ4n) is 1.39. The largest absolute Gasteiger partial charge is 1.00 e. The topological polar surface area (TPSA) is 30.1 Å². The molecular weight excluding hydrogens is 184 g/mol. The first kappa shape index (κ1) is 9.81. The molecule has 0 saturated carbocycles. The molecule has 0 unspecified atom stereocenters. The van der Waals surface area contributed by atoms with Gasteiger partial charge < -0.3 is 18.1 Å². The number of anilines is 1. The Morgan fingerprint density at radius 1 is 1.31 bits per heavy atom. The number of aryl methyl sites for hydroxylation is 1. The van der Waals surface area contributed by atoms with Gasteiger partial charge in [-0.2, -0.15) is 4.40 Å². The molecule has 2 nitrogen and oxygen atoms in total. The minimum atomic E-state index is 0. The molecule has 0 aliphatic heterocycles. The van der Waals surface area contributed by atoms with Crippen molar-refractivity contribution in [2.24, 2.45) is 0 Å². The first-order chi connectivity index (χ1) is 5.77. The predicted octanol–water partition coefficient (Wildman–Crippen LogP) is -1.68. The average molecular weight is 195 g/mol. The molecule has 0 bridgehead atoms. The Labute approximate surface area is 83.4 Å². The van der Waals surface area contributed by atoms with Gasteiger partial charge in [-0.3, -0.25) is 0 Å². The maximum Gasteiger partial charge on any atom is 0.233 e. The summed E-state index contributed by atoms with van der Waals surface area (Å²) in [6, 6.07) is 7.97. The summed E-state index contributed by atoms with van der Waals surface area (Å²) in [5.41, 5.74) is 8.90. The molecule has 0 aliphatic carbocycles. The van der Waals surface area contributed by atoms with Gasteiger partial charge in [0.15, 0.2) is 12.4 Å². The van der Waals surface area contributed by atoms with E-state index >= 15 is 0 Å². The van der Waals surface area contributed by atoms with Gasteiger partial charge in [-0.25, -0.2) is 0 Å². The highest BCUT2D eigenvalue weighted by molar-refractivity contribution is 5.64. The van der Waals surface area contributed by atoms with E-state index in [2.05, 4.69) is 6.20 Å². The van der Waals surface area contributed by atoms with E-state index in [1.54, 1.807) is 0 Å². The Morgan fingerprint density at radius 3 is 2.85 bits per heavy atom. The molecule has 0 aromatic carbocycles. The number of hydrogen-bond donors (Lipinski definition) is 1. The fraction of sp³-hybridized carbons (Fsp3) is 0.100. The number of nitrogens with two attached hydrogens (primary N) is 1. The third-order valence-corrected chi connectivity index (χ3v) is 1.91. The Morgan fingerprint density at radius 2 is 2.08 bits per heavy atom. The van der Waals surface area contributed by atoms with Crippen LogP contribution in [0.4, 0.5) is 5.69 Å². The summed E-state index contributed by atoms with van der Waals surface area (Å²) in [6.07, 6.45) is 4.06. The van der Waals surface area contributed by atoms with Crippen LogP contribution < -0.4 is 22.5 Å². The molecule has 0 radical (unpaired) electrons. The average Bonchev–Trinajstić information content (AvgIpc) is 2.04. The lowest BCUT2D eigenvalue weighted by Gasteiger charge is -1.95. The summed E-state index contributed by atoms with van der Waals surface area (Å²) in [6.45, 7) is 2.04. The molecule has 0 amide bonds. The van der Waals surface area contributed by atoms with Crippen molar-refractivity contribution in [3.8, 4) is 0 Å². The molecule has 3 heteroatoms. The minimum Gasteiger partial charge on any atom is -1.00 e. The Balaban J connectivity index is 0.000000845. The second kappa shape index (κ2) is 3.62. The van der Waals surface area contributed by atoms with Crippen LogP contribution in [0.3, 0.4) is 0 Å². The number of aromatic nitrogens is 1.